The molecule has 1 aromatic heterocycles. The summed E-state index contributed by atoms with van der Waals surface area (Å²) in [5.74, 6) is -1.42. The van der Waals surface area contributed by atoms with Crippen LogP contribution in [-0.4, -0.2) is 55.7 Å². The summed E-state index contributed by atoms with van der Waals surface area (Å²) < 4.78 is 44.2. The lowest BCUT2D eigenvalue weighted by molar-refractivity contribution is -0.196. The Morgan fingerprint density at radius 3 is 2.52 bits per heavy atom. The zero-order valence-corrected chi connectivity index (χ0v) is 10.2. The van der Waals surface area contributed by atoms with Crippen molar-refractivity contribution >= 4 is 0 Å². The van der Waals surface area contributed by atoms with Gasteiger partial charge in [0.15, 0.2) is 11.8 Å². The lowest BCUT2D eigenvalue weighted by Crippen LogP contribution is -2.52. The van der Waals surface area contributed by atoms with Gasteiger partial charge >= 0.3 is 5.69 Å². The van der Waals surface area contributed by atoms with Crippen molar-refractivity contribution in [3.8, 4) is 0 Å². The average molecular weight is 312 g/mol. The zero-order chi connectivity index (χ0) is 15.9. The summed E-state index contributed by atoms with van der Waals surface area (Å²) in [5, 5.41) is 28.4. The van der Waals surface area contributed by atoms with E-state index >= 15 is 0 Å². The van der Waals surface area contributed by atoms with Crippen LogP contribution in [0.2, 0.25) is 0 Å². The second kappa shape index (κ2) is 5.26. The summed E-state index contributed by atoms with van der Waals surface area (Å²) in [6.07, 6.45) is -9.22. The Balaban J connectivity index is 2.50. The number of aliphatic hydroxyl groups excluding tert-OH is 3. The molecule has 21 heavy (non-hydrogen) atoms. The smallest absolute Gasteiger partial charge is 0.330 e. The topological polar surface area (TPSA) is 125 Å². The second-order valence-electron chi connectivity index (χ2n) is 4.50. The third-order valence-electron chi connectivity index (χ3n) is 3.27. The van der Waals surface area contributed by atoms with E-state index in [1.807, 2.05) is 0 Å². The predicted molar refractivity (Wildman–Crippen MR) is 59.2 cm³/mol. The molecule has 0 aromatic carbocycles. The van der Waals surface area contributed by atoms with Crippen molar-refractivity contribution < 1.29 is 33.2 Å². The summed E-state index contributed by atoms with van der Waals surface area (Å²) in [4.78, 5) is 24.0. The predicted octanol–water partition coefficient (Wildman–Crippen LogP) is -2.08. The first-order valence-electron chi connectivity index (χ1n) is 5.68. The molecule has 2 heterocycles. The molecule has 1 aromatic rings. The molecular formula is C10H11F3N2O6. The number of aromatic amines is 1. The number of nitrogens with zero attached hydrogens (tertiary/aromatic N) is 1. The minimum absolute atomic E-state index is 0.310. The van der Waals surface area contributed by atoms with E-state index in [9.17, 15) is 33.0 Å². The summed E-state index contributed by atoms with van der Waals surface area (Å²) in [7, 11) is 0. The standard InChI is InChI=1S/C10H11F3N2O6/c11-3-1-15(9(20)14-6(3)19)7-4(17)5(18)10(2-16,21-7)8(12)13/h1,4-5,7-8,16-18H,2H2,(H,14,19,20)/t4?,5?,7-,10-/m0/s1. The van der Waals surface area contributed by atoms with Crippen molar-refractivity contribution in [2.45, 2.75) is 30.5 Å². The Bertz CT molecular complexity index is 646. The van der Waals surface area contributed by atoms with Crippen molar-refractivity contribution in [2.24, 2.45) is 0 Å². The first kappa shape index (κ1) is 15.7. The maximum Gasteiger partial charge on any atom is 0.330 e. The van der Waals surface area contributed by atoms with Crippen LogP contribution in [-0.2, 0) is 4.74 Å². The Kier molecular flexibility index (Phi) is 3.93. The van der Waals surface area contributed by atoms with Crippen LogP contribution in [0.25, 0.3) is 0 Å². The molecule has 8 nitrogen and oxygen atoms in total. The normalized spacial score (nSPS) is 32.8. The monoisotopic (exact) mass is 312 g/mol. The fourth-order valence-corrected chi connectivity index (χ4v) is 2.06. The van der Waals surface area contributed by atoms with Gasteiger partial charge in [-0.05, 0) is 0 Å². The van der Waals surface area contributed by atoms with Crippen LogP contribution in [0.3, 0.4) is 0 Å². The van der Waals surface area contributed by atoms with Crippen molar-refractivity contribution in [3.63, 3.8) is 0 Å². The molecule has 2 unspecified atom stereocenters. The first-order valence-corrected chi connectivity index (χ1v) is 5.68. The molecular weight excluding hydrogens is 301 g/mol. The number of hydrogen-bond acceptors (Lipinski definition) is 6. The molecule has 4 atom stereocenters. The lowest BCUT2D eigenvalue weighted by atomic mass is 9.96. The number of aromatic nitrogens is 2. The molecule has 1 fully saturated rings. The van der Waals surface area contributed by atoms with Crippen LogP contribution >= 0.6 is 0 Å². The van der Waals surface area contributed by atoms with Gasteiger partial charge in [0.25, 0.3) is 12.0 Å². The summed E-state index contributed by atoms with van der Waals surface area (Å²) in [5.41, 5.74) is -5.40. The maximum absolute atomic E-state index is 13.2. The van der Waals surface area contributed by atoms with Gasteiger partial charge in [0.05, 0.1) is 12.8 Å². The van der Waals surface area contributed by atoms with Crippen LogP contribution < -0.4 is 11.2 Å². The number of alkyl halides is 2. The largest absolute Gasteiger partial charge is 0.393 e. The van der Waals surface area contributed by atoms with Crippen LogP contribution in [0.4, 0.5) is 13.2 Å². The van der Waals surface area contributed by atoms with Crippen molar-refractivity contribution in [3.05, 3.63) is 32.9 Å². The van der Waals surface area contributed by atoms with Gasteiger partial charge in [-0.1, -0.05) is 0 Å². The fraction of sp³-hybridized carbons (Fsp3) is 0.600. The highest BCUT2D eigenvalue weighted by atomic mass is 19.3. The zero-order valence-electron chi connectivity index (χ0n) is 10.2. The van der Waals surface area contributed by atoms with Gasteiger partial charge < -0.3 is 20.1 Å². The van der Waals surface area contributed by atoms with Crippen LogP contribution in [0.1, 0.15) is 6.23 Å². The van der Waals surface area contributed by atoms with Gasteiger partial charge in [0.1, 0.15) is 12.2 Å². The number of ether oxygens (including phenoxy) is 1. The van der Waals surface area contributed by atoms with E-state index < -0.39 is 54.1 Å². The third kappa shape index (κ3) is 2.27. The van der Waals surface area contributed by atoms with E-state index in [4.69, 9.17) is 9.84 Å². The highest BCUT2D eigenvalue weighted by Gasteiger charge is 2.60. The highest BCUT2D eigenvalue weighted by molar-refractivity contribution is 5.04. The fourth-order valence-electron chi connectivity index (χ4n) is 2.06. The number of nitrogens with one attached hydrogen (secondary N) is 1. The van der Waals surface area contributed by atoms with E-state index in [0.717, 1.165) is 0 Å². The summed E-state index contributed by atoms with van der Waals surface area (Å²) in [6.45, 7) is -1.35. The summed E-state index contributed by atoms with van der Waals surface area (Å²) in [6, 6.07) is 0. The number of hydrogen-bond donors (Lipinski definition) is 4. The minimum Gasteiger partial charge on any atom is -0.393 e. The van der Waals surface area contributed by atoms with Gasteiger partial charge in [0, 0.05) is 0 Å². The number of aliphatic hydroxyl groups is 3. The Morgan fingerprint density at radius 2 is 2.05 bits per heavy atom. The van der Waals surface area contributed by atoms with Gasteiger partial charge in [-0.25, -0.2) is 13.6 Å². The number of halogens is 3. The molecule has 0 amide bonds. The van der Waals surface area contributed by atoms with E-state index in [1.54, 1.807) is 4.98 Å². The van der Waals surface area contributed by atoms with Gasteiger partial charge in [0.2, 0.25) is 5.82 Å². The Hall–Kier alpha value is -1.69. The highest BCUT2D eigenvalue weighted by Crippen LogP contribution is 2.40. The maximum atomic E-state index is 13.2. The van der Waals surface area contributed by atoms with Crippen molar-refractivity contribution in [1.82, 2.24) is 9.55 Å². The molecule has 1 aliphatic rings. The second-order valence-corrected chi connectivity index (χ2v) is 4.50. The SMILES string of the molecule is O=c1[nH]c(=O)n([C@H]2O[C@](CO)(C(F)F)C(O)C2O)cc1F. The lowest BCUT2D eigenvalue weighted by Gasteiger charge is -2.28. The Labute approximate surface area is 114 Å². The van der Waals surface area contributed by atoms with Crippen molar-refractivity contribution in [2.75, 3.05) is 6.61 Å². The molecule has 4 N–H and O–H groups in total. The van der Waals surface area contributed by atoms with Crippen molar-refractivity contribution in [1.29, 1.82) is 0 Å². The molecule has 1 aliphatic heterocycles. The first-order chi connectivity index (χ1) is 9.74. The van der Waals surface area contributed by atoms with E-state index in [2.05, 4.69) is 0 Å². The molecule has 0 bridgehead atoms. The molecule has 118 valence electrons. The van der Waals surface area contributed by atoms with Crippen LogP contribution in [0.5, 0.6) is 0 Å². The molecule has 0 spiro atoms. The molecule has 0 aliphatic carbocycles. The van der Waals surface area contributed by atoms with E-state index in [-0.39, 0.29) is 0 Å². The molecule has 0 radical (unpaired) electrons. The molecule has 1 saturated heterocycles. The van der Waals surface area contributed by atoms with E-state index in [0.29, 0.717) is 10.8 Å². The van der Waals surface area contributed by atoms with Gasteiger partial charge in [-0.2, -0.15) is 4.39 Å². The van der Waals surface area contributed by atoms with Crippen LogP contribution in [0.15, 0.2) is 15.8 Å². The molecule has 2 rings (SSSR count). The molecule has 0 saturated carbocycles. The van der Waals surface area contributed by atoms with E-state index in [1.165, 1.54) is 0 Å². The summed E-state index contributed by atoms with van der Waals surface area (Å²) >= 11 is 0. The third-order valence-corrected chi connectivity index (χ3v) is 3.27. The average Bonchev–Trinajstić information content (AvgIpc) is 2.68. The van der Waals surface area contributed by atoms with Gasteiger partial charge in [-0.3, -0.25) is 14.3 Å². The Morgan fingerprint density at radius 1 is 1.43 bits per heavy atom. The number of H-pyrrole nitrogens is 1. The molecule has 11 heteroatoms. The quantitative estimate of drug-likeness (QED) is 0.508. The number of rotatable bonds is 3. The van der Waals surface area contributed by atoms with Crippen LogP contribution in [0, 0.1) is 5.82 Å². The van der Waals surface area contributed by atoms with Gasteiger partial charge in [-0.15, -0.1) is 0 Å². The minimum atomic E-state index is -3.39.